The van der Waals surface area contributed by atoms with Crippen LogP contribution in [0.5, 0.6) is 0 Å². The van der Waals surface area contributed by atoms with Crippen LogP contribution in [-0.4, -0.2) is 43.8 Å². The first-order valence-electron chi connectivity index (χ1n) is 12.7. The van der Waals surface area contributed by atoms with Crippen LogP contribution in [0.4, 0.5) is 5.69 Å². The average Bonchev–Trinajstić information content (AvgIpc) is 2.93. The highest BCUT2D eigenvalue weighted by Crippen LogP contribution is 2.26. The Morgan fingerprint density at radius 1 is 0.846 bits per heavy atom. The smallest absolute Gasteiger partial charge is 0.264 e. The molecule has 3 aromatic carbocycles. The van der Waals surface area contributed by atoms with Crippen molar-refractivity contribution in [1.29, 1.82) is 0 Å². The van der Waals surface area contributed by atoms with E-state index in [1.165, 1.54) is 29.2 Å². The van der Waals surface area contributed by atoms with Crippen LogP contribution in [0.25, 0.3) is 0 Å². The van der Waals surface area contributed by atoms with Crippen molar-refractivity contribution in [3.8, 4) is 0 Å². The largest absolute Gasteiger partial charge is 0.352 e. The summed E-state index contributed by atoms with van der Waals surface area (Å²) >= 11 is 12.0. The zero-order valence-electron chi connectivity index (χ0n) is 22.2. The molecule has 0 radical (unpaired) electrons. The minimum Gasteiger partial charge on any atom is -0.352 e. The lowest BCUT2D eigenvalue weighted by Gasteiger charge is -2.33. The van der Waals surface area contributed by atoms with Gasteiger partial charge in [0.2, 0.25) is 11.8 Å². The van der Waals surface area contributed by atoms with Gasteiger partial charge in [-0.2, -0.15) is 0 Å². The van der Waals surface area contributed by atoms with E-state index in [4.69, 9.17) is 23.2 Å². The summed E-state index contributed by atoms with van der Waals surface area (Å²) in [5.41, 5.74) is 1.08. The Bertz CT molecular complexity index is 1350. The summed E-state index contributed by atoms with van der Waals surface area (Å²) in [5, 5.41) is 3.90. The molecule has 2 atom stereocenters. The second-order valence-corrected chi connectivity index (χ2v) is 11.9. The number of carbonyl (C=O) groups excluding carboxylic acids is 2. The number of hydrogen-bond donors (Lipinski definition) is 1. The summed E-state index contributed by atoms with van der Waals surface area (Å²) in [6, 6.07) is 20.3. The summed E-state index contributed by atoms with van der Waals surface area (Å²) in [4.78, 5) is 28.7. The van der Waals surface area contributed by atoms with Crippen LogP contribution in [0.2, 0.25) is 10.0 Å². The number of hydrogen-bond acceptors (Lipinski definition) is 4. The lowest BCUT2D eigenvalue weighted by atomic mass is 10.1. The van der Waals surface area contributed by atoms with Crippen molar-refractivity contribution in [2.75, 3.05) is 10.8 Å². The molecule has 3 rings (SSSR count). The Labute approximate surface area is 240 Å². The Balaban J connectivity index is 2.02. The third kappa shape index (κ3) is 7.97. The molecule has 0 spiro atoms. The highest BCUT2D eigenvalue weighted by molar-refractivity contribution is 7.92. The molecular formula is C29H33Cl2N3O4S. The first-order valence-corrected chi connectivity index (χ1v) is 14.9. The molecule has 2 unspecified atom stereocenters. The molecule has 7 nitrogen and oxygen atoms in total. The molecule has 39 heavy (non-hydrogen) atoms. The van der Waals surface area contributed by atoms with Crippen LogP contribution in [0.15, 0.2) is 83.8 Å². The number of amides is 2. The maximum atomic E-state index is 14.0. The molecule has 0 bridgehead atoms. The first-order chi connectivity index (χ1) is 18.6. The van der Waals surface area contributed by atoms with E-state index in [0.29, 0.717) is 22.2 Å². The van der Waals surface area contributed by atoms with Crippen LogP contribution in [0.3, 0.4) is 0 Å². The minimum absolute atomic E-state index is 0.00522. The van der Waals surface area contributed by atoms with Gasteiger partial charge in [0.05, 0.1) is 10.6 Å². The minimum atomic E-state index is -4.14. The van der Waals surface area contributed by atoms with Gasteiger partial charge < -0.3 is 10.2 Å². The number of sulfonamides is 1. The highest BCUT2D eigenvalue weighted by atomic mass is 35.5. The number of nitrogens with zero attached hydrogens (tertiary/aromatic N) is 2. The molecule has 0 aliphatic heterocycles. The zero-order chi connectivity index (χ0) is 28.6. The number of rotatable bonds is 12. The lowest BCUT2D eigenvalue weighted by molar-refractivity contribution is -0.140. The van der Waals surface area contributed by atoms with Crippen LogP contribution >= 0.6 is 23.2 Å². The number of halogens is 2. The van der Waals surface area contributed by atoms with Crippen molar-refractivity contribution in [3.63, 3.8) is 0 Å². The van der Waals surface area contributed by atoms with Gasteiger partial charge in [-0.25, -0.2) is 8.42 Å². The summed E-state index contributed by atoms with van der Waals surface area (Å²) in [5.74, 6) is -0.807. The van der Waals surface area contributed by atoms with Crippen molar-refractivity contribution in [1.82, 2.24) is 10.2 Å². The molecule has 0 saturated carbocycles. The van der Waals surface area contributed by atoms with Gasteiger partial charge in [-0.05, 0) is 73.9 Å². The molecule has 0 aliphatic carbocycles. The summed E-state index contributed by atoms with van der Waals surface area (Å²) in [6.45, 7) is 5.28. The van der Waals surface area contributed by atoms with Gasteiger partial charge in [-0.3, -0.25) is 13.9 Å². The van der Waals surface area contributed by atoms with Crippen molar-refractivity contribution in [2.45, 2.75) is 57.1 Å². The van der Waals surface area contributed by atoms with E-state index in [2.05, 4.69) is 5.32 Å². The van der Waals surface area contributed by atoms with E-state index in [0.717, 1.165) is 16.3 Å². The predicted octanol–water partition coefficient (Wildman–Crippen LogP) is 5.91. The number of nitrogens with one attached hydrogen (secondary N) is 1. The monoisotopic (exact) mass is 589 g/mol. The van der Waals surface area contributed by atoms with E-state index in [1.807, 2.05) is 20.8 Å². The molecule has 10 heteroatoms. The Morgan fingerprint density at radius 3 is 1.95 bits per heavy atom. The molecule has 208 valence electrons. The van der Waals surface area contributed by atoms with Crippen molar-refractivity contribution >= 4 is 50.7 Å². The molecule has 0 heterocycles. The zero-order valence-corrected chi connectivity index (χ0v) is 24.5. The quantitative estimate of drug-likeness (QED) is 0.284. The average molecular weight is 591 g/mol. The van der Waals surface area contributed by atoms with Gasteiger partial charge in [-0.1, -0.05) is 67.4 Å². The molecular weight excluding hydrogens is 557 g/mol. The first kappa shape index (κ1) is 30.5. The lowest BCUT2D eigenvalue weighted by Crippen LogP contribution is -2.53. The maximum absolute atomic E-state index is 14.0. The maximum Gasteiger partial charge on any atom is 0.264 e. The van der Waals surface area contributed by atoms with Gasteiger partial charge in [0, 0.05) is 22.6 Å². The van der Waals surface area contributed by atoms with E-state index in [9.17, 15) is 18.0 Å². The molecule has 1 N–H and O–H groups in total. The van der Waals surface area contributed by atoms with Gasteiger partial charge in [0.25, 0.3) is 10.0 Å². The van der Waals surface area contributed by atoms with Crippen LogP contribution in [0, 0.1) is 0 Å². The number of carbonyl (C=O) groups is 2. The third-order valence-electron chi connectivity index (χ3n) is 6.38. The highest BCUT2D eigenvalue weighted by Gasteiger charge is 2.33. The van der Waals surface area contributed by atoms with E-state index in [1.54, 1.807) is 54.6 Å². The number of benzene rings is 3. The summed E-state index contributed by atoms with van der Waals surface area (Å²) in [6.07, 6.45) is 1.07. The molecule has 3 aromatic rings. The normalized spacial score (nSPS) is 12.8. The van der Waals surface area contributed by atoms with Gasteiger partial charge in [0.15, 0.2) is 0 Å². The Morgan fingerprint density at radius 2 is 1.41 bits per heavy atom. The topological polar surface area (TPSA) is 86.8 Å². The van der Waals surface area contributed by atoms with Gasteiger partial charge in [0.1, 0.15) is 12.6 Å². The molecule has 0 saturated heterocycles. The van der Waals surface area contributed by atoms with Crippen LogP contribution in [0.1, 0.15) is 39.2 Å². The summed E-state index contributed by atoms with van der Waals surface area (Å²) < 4.78 is 28.6. The predicted molar refractivity (Wildman–Crippen MR) is 156 cm³/mol. The fourth-order valence-corrected chi connectivity index (χ4v) is 5.67. The van der Waals surface area contributed by atoms with Crippen molar-refractivity contribution < 1.29 is 18.0 Å². The van der Waals surface area contributed by atoms with E-state index in [-0.39, 0.29) is 23.4 Å². The second-order valence-electron chi connectivity index (χ2n) is 9.19. The molecule has 0 fully saturated rings. The molecule has 0 aromatic heterocycles. The Kier molecular flexibility index (Phi) is 10.8. The third-order valence-corrected chi connectivity index (χ3v) is 8.67. The number of anilines is 1. The SMILES string of the molecule is CCC(C)NC(=O)C(CC)N(Cc1ccc(Cl)cc1)C(=O)CN(c1ccccc1)S(=O)(=O)c1ccc(Cl)cc1. The number of para-hydroxylation sites is 1. The van der Waals surface area contributed by atoms with Gasteiger partial charge >= 0.3 is 0 Å². The Hall–Kier alpha value is -3.07. The fourth-order valence-electron chi connectivity index (χ4n) is 4.00. The second kappa shape index (κ2) is 13.8. The van der Waals surface area contributed by atoms with Crippen molar-refractivity contribution in [3.05, 3.63) is 94.5 Å². The van der Waals surface area contributed by atoms with Gasteiger partial charge in [-0.15, -0.1) is 0 Å². The van der Waals surface area contributed by atoms with Crippen LogP contribution < -0.4 is 9.62 Å². The standard InChI is InChI=1S/C29H33Cl2N3O4S/c1-4-21(3)32-29(36)27(5-2)33(19-22-11-13-23(30)14-12-22)28(35)20-34(25-9-7-6-8-10-25)39(37,38)26-17-15-24(31)16-18-26/h6-18,21,27H,4-5,19-20H2,1-3H3,(H,32,36). The van der Waals surface area contributed by atoms with Crippen molar-refractivity contribution in [2.24, 2.45) is 0 Å². The van der Waals surface area contributed by atoms with Crippen LogP contribution in [-0.2, 0) is 26.2 Å². The van der Waals surface area contributed by atoms with E-state index >= 15 is 0 Å². The molecule has 0 aliphatic rings. The fraction of sp³-hybridized carbons (Fsp3) is 0.310. The molecule has 2 amide bonds. The summed E-state index contributed by atoms with van der Waals surface area (Å²) in [7, 11) is -4.14. The van der Waals surface area contributed by atoms with E-state index < -0.39 is 28.5 Å².